The molecule has 5 aromatic rings. The Morgan fingerprint density at radius 2 is 1.63 bits per heavy atom. The van der Waals surface area contributed by atoms with Crippen molar-refractivity contribution in [1.82, 2.24) is 19.7 Å². The number of hydrogen-bond acceptors (Lipinski definition) is 9. The number of benzene rings is 3. The van der Waals surface area contributed by atoms with E-state index < -0.39 is 0 Å². The number of hydrogen-bond donors (Lipinski definition) is 1. The number of ether oxygens (including phenoxy) is 1. The molecule has 1 aliphatic rings. The van der Waals surface area contributed by atoms with Gasteiger partial charge in [0.1, 0.15) is 24.1 Å². The Kier molecular flexibility index (Phi) is 9.56. The van der Waals surface area contributed by atoms with Gasteiger partial charge in [-0.1, -0.05) is 54.2 Å². The Morgan fingerprint density at radius 3 is 2.39 bits per heavy atom. The van der Waals surface area contributed by atoms with Crippen LogP contribution in [0.15, 0.2) is 124 Å². The minimum Gasteiger partial charge on any atom is -0.490 e. The molecule has 11 heteroatoms. The highest BCUT2D eigenvalue weighted by Crippen LogP contribution is 2.33. The summed E-state index contributed by atoms with van der Waals surface area (Å²) in [5.41, 5.74) is 2.65. The summed E-state index contributed by atoms with van der Waals surface area (Å²) in [5.74, 6) is 0.580. The lowest BCUT2D eigenvalue weighted by Gasteiger charge is -2.37. The molecule has 0 atom stereocenters. The number of nitrogens with one attached hydrogen (secondary N) is 1. The van der Waals surface area contributed by atoms with E-state index in [2.05, 4.69) is 26.4 Å². The number of aromatic nitrogens is 3. The summed E-state index contributed by atoms with van der Waals surface area (Å²) < 4.78 is 7.17. The number of pyridine rings is 1. The molecule has 230 valence electrons. The molecule has 46 heavy (non-hydrogen) atoms. The molecule has 1 saturated heterocycles. The summed E-state index contributed by atoms with van der Waals surface area (Å²) in [6.45, 7) is 2.70. The van der Waals surface area contributed by atoms with E-state index in [0.717, 1.165) is 9.79 Å². The first-order valence-corrected chi connectivity index (χ1v) is 15.7. The van der Waals surface area contributed by atoms with Gasteiger partial charge in [0.05, 0.1) is 34.9 Å². The van der Waals surface area contributed by atoms with E-state index >= 15 is 0 Å². The summed E-state index contributed by atoms with van der Waals surface area (Å²) >= 11 is 1.42. The number of carbonyl (C=O) groups excluding carboxylic acids is 1. The lowest BCUT2D eigenvalue weighted by Crippen LogP contribution is -2.49. The highest BCUT2D eigenvalue weighted by atomic mass is 32.2. The molecule has 0 saturated carbocycles. The molecule has 0 unspecified atom stereocenters. The first kappa shape index (κ1) is 30.4. The van der Waals surface area contributed by atoms with Crippen molar-refractivity contribution in [2.45, 2.75) is 9.79 Å². The van der Waals surface area contributed by atoms with Gasteiger partial charge in [-0.3, -0.25) is 14.6 Å². The van der Waals surface area contributed by atoms with E-state index in [1.165, 1.54) is 16.4 Å². The van der Waals surface area contributed by atoms with E-state index in [-0.39, 0.29) is 11.5 Å². The highest BCUT2D eigenvalue weighted by Gasteiger charge is 2.27. The van der Waals surface area contributed by atoms with Gasteiger partial charge >= 0.3 is 0 Å². The number of para-hydroxylation sites is 1. The molecule has 6 rings (SSSR count). The number of anilines is 2. The highest BCUT2D eigenvalue weighted by molar-refractivity contribution is 7.99. The zero-order valence-corrected chi connectivity index (χ0v) is 25.8. The van der Waals surface area contributed by atoms with Gasteiger partial charge in [0.15, 0.2) is 0 Å². The molecule has 0 bridgehead atoms. The fourth-order valence-corrected chi connectivity index (χ4v) is 6.22. The summed E-state index contributed by atoms with van der Waals surface area (Å²) in [6, 6.07) is 30.0. The summed E-state index contributed by atoms with van der Waals surface area (Å²) in [6.07, 6.45) is 5.03. The Balaban J connectivity index is 1.18. The van der Waals surface area contributed by atoms with E-state index in [1.54, 1.807) is 30.7 Å². The minimum absolute atomic E-state index is 0.0688. The van der Waals surface area contributed by atoms with Crippen molar-refractivity contribution >= 4 is 29.0 Å². The first-order chi connectivity index (χ1) is 22.6. The molecule has 1 aliphatic heterocycles. The molecule has 3 aromatic carbocycles. The number of amides is 1. The first-order valence-electron chi connectivity index (χ1n) is 14.9. The van der Waals surface area contributed by atoms with Crippen molar-refractivity contribution in [3.8, 4) is 17.5 Å². The van der Waals surface area contributed by atoms with Crippen LogP contribution in [0, 0.1) is 11.3 Å². The van der Waals surface area contributed by atoms with Gasteiger partial charge in [-0.2, -0.15) is 15.0 Å². The van der Waals surface area contributed by atoms with Crippen LogP contribution in [0.2, 0.25) is 0 Å². The molecular weight excluding hydrogens is 598 g/mol. The van der Waals surface area contributed by atoms with E-state index in [9.17, 15) is 14.9 Å². The largest absolute Gasteiger partial charge is 0.490 e. The predicted molar refractivity (Wildman–Crippen MR) is 178 cm³/mol. The van der Waals surface area contributed by atoms with E-state index in [1.807, 2.05) is 83.8 Å². The van der Waals surface area contributed by atoms with E-state index in [0.29, 0.717) is 73.3 Å². The topological polar surface area (TPSA) is 116 Å². The number of rotatable bonds is 10. The van der Waals surface area contributed by atoms with Crippen LogP contribution in [0.3, 0.4) is 0 Å². The monoisotopic (exact) mass is 629 g/mol. The third-order valence-electron chi connectivity index (χ3n) is 7.52. The quantitative estimate of drug-likeness (QED) is 0.211. The Hall–Kier alpha value is -5.60. The molecule has 10 nitrogen and oxygen atoms in total. The number of nitrogens with zero attached hydrogens (tertiary/aromatic N) is 6. The van der Waals surface area contributed by atoms with Crippen molar-refractivity contribution in [2.75, 3.05) is 49.5 Å². The molecule has 1 fully saturated rings. The van der Waals surface area contributed by atoms with Crippen LogP contribution >= 0.6 is 11.8 Å². The fourth-order valence-electron chi connectivity index (χ4n) is 5.20. The fraction of sp³-hybridized carbons (Fsp3) is 0.171. The zero-order chi connectivity index (χ0) is 31.7. The molecule has 3 heterocycles. The lowest BCUT2D eigenvalue weighted by atomic mass is 10.1. The maximum atomic E-state index is 13.8. The number of carbonyl (C=O) groups is 1. The van der Waals surface area contributed by atoms with Crippen LogP contribution < -0.4 is 20.5 Å². The van der Waals surface area contributed by atoms with Crippen molar-refractivity contribution in [3.05, 3.63) is 131 Å². The molecule has 1 N–H and O–H groups in total. The van der Waals surface area contributed by atoms with Crippen LogP contribution in [0.25, 0.3) is 5.69 Å². The SMILES string of the molecule is N#Cc1ccccc1Sc1ccccc1C(=O)N1CCN(c2cnn(-c3ccccc3)c(=O)c2NCCOc2cccnc2)CC1. The van der Waals surface area contributed by atoms with Crippen LogP contribution in [0.4, 0.5) is 11.4 Å². The van der Waals surface area contributed by atoms with Crippen molar-refractivity contribution in [3.63, 3.8) is 0 Å². The summed E-state index contributed by atoms with van der Waals surface area (Å²) in [4.78, 5) is 37.1. The average molecular weight is 630 g/mol. The Morgan fingerprint density at radius 1 is 0.891 bits per heavy atom. The lowest BCUT2D eigenvalue weighted by molar-refractivity contribution is 0.0743. The van der Waals surface area contributed by atoms with Crippen LogP contribution in [0.5, 0.6) is 5.75 Å². The van der Waals surface area contributed by atoms with Gasteiger partial charge in [-0.25, -0.2) is 0 Å². The second-order valence-electron chi connectivity index (χ2n) is 10.4. The minimum atomic E-state index is -0.271. The van der Waals surface area contributed by atoms with Crippen molar-refractivity contribution in [1.29, 1.82) is 5.26 Å². The predicted octanol–water partition coefficient (Wildman–Crippen LogP) is 5.10. The molecule has 1 amide bonds. The third kappa shape index (κ3) is 6.87. The summed E-state index contributed by atoms with van der Waals surface area (Å²) in [5, 5.41) is 17.3. The average Bonchev–Trinajstić information content (AvgIpc) is 3.11. The zero-order valence-electron chi connectivity index (χ0n) is 25.0. The molecular formula is C35H31N7O3S. The normalized spacial score (nSPS) is 12.8. The molecule has 2 aromatic heterocycles. The number of nitriles is 1. The molecule has 0 radical (unpaired) electrons. The smallest absolute Gasteiger partial charge is 0.296 e. The van der Waals surface area contributed by atoms with Crippen LogP contribution in [-0.2, 0) is 0 Å². The van der Waals surface area contributed by atoms with Crippen LogP contribution in [0.1, 0.15) is 15.9 Å². The molecule has 0 spiro atoms. The number of piperazine rings is 1. The van der Waals surface area contributed by atoms with Crippen LogP contribution in [-0.4, -0.2) is 64.9 Å². The Bertz CT molecular complexity index is 1900. The van der Waals surface area contributed by atoms with E-state index in [4.69, 9.17) is 4.74 Å². The van der Waals surface area contributed by atoms with Gasteiger partial charge in [-0.05, 0) is 48.5 Å². The van der Waals surface area contributed by atoms with Gasteiger partial charge in [0.2, 0.25) is 0 Å². The van der Waals surface area contributed by atoms with Crippen molar-refractivity contribution < 1.29 is 9.53 Å². The maximum absolute atomic E-state index is 13.8. The van der Waals surface area contributed by atoms with Gasteiger partial charge in [0.25, 0.3) is 11.5 Å². The summed E-state index contributed by atoms with van der Waals surface area (Å²) in [7, 11) is 0. The maximum Gasteiger partial charge on any atom is 0.296 e. The second-order valence-corrected chi connectivity index (χ2v) is 11.5. The van der Waals surface area contributed by atoms with Gasteiger partial charge < -0.3 is 19.9 Å². The van der Waals surface area contributed by atoms with Gasteiger partial charge in [0, 0.05) is 48.7 Å². The Labute approximate surface area is 270 Å². The van der Waals surface area contributed by atoms with Gasteiger partial charge in [-0.15, -0.1) is 0 Å². The second kappa shape index (κ2) is 14.5. The molecule has 0 aliphatic carbocycles. The van der Waals surface area contributed by atoms with Crippen molar-refractivity contribution in [2.24, 2.45) is 0 Å². The standard InChI is InChI=1S/C35H31N7O3S/c36-23-26-9-4-6-14-31(26)46-32-15-7-5-13-29(32)34(43)41-20-18-40(19-21-41)30-25-39-42(27-10-2-1-3-11-27)35(44)33(30)38-17-22-45-28-12-8-16-37-24-28/h1-16,24-25,38H,17-22H2. The third-order valence-corrected chi connectivity index (χ3v) is 8.67.